The molecule has 1 N–H and O–H groups in total. The summed E-state index contributed by atoms with van der Waals surface area (Å²) in [5.41, 5.74) is 2.58. The normalized spacial score (nSPS) is 14.2. The van der Waals surface area contributed by atoms with Crippen molar-refractivity contribution < 1.29 is 4.52 Å². The predicted octanol–water partition coefficient (Wildman–Crippen LogP) is 2.55. The number of hydrogen-bond donors (Lipinski definition) is 1. The standard InChI is InChI=1S/C15H20N4O.ClH/c1-2-5-14-17-15(20-18-14)11-19-9-8-16-10-12-6-3-4-7-13(12)19;/h3-4,6-7,16H,2,5,8-11H2,1H3;1H. The summed E-state index contributed by atoms with van der Waals surface area (Å²) < 4.78 is 5.35. The van der Waals surface area contributed by atoms with Crippen molar-refractivity contribution in [2.24, 2.45) is 0 Å². The number of aromatic nitrogens is 2. The number of nitrogens with one attached hydrogen (secondary N) is 1. The maximum Gasteiger partial charge on any atom is 0.246 e. The molecule has 0 unspecified atom stereocenters. The second-order valence-electron chi connectivity index (χ2n) is 5.08. The van der Waals surface area contributed by atoms with Gasteiger partial charge in [-0.05, 0) is 18.1 Å². The topological polar surface area (TPSA) is 54.2 Å². The zero-order valence-corrected chi connectivity index (χ0v) is 13.0. The van der Waals surface area contributed by atoms with E-state index in [9.17, 15) is 0 Å². The van der Waals surface area contributed by atoms with E-state index in [-0.39, 0.29) is 12.4 Å². The average molecular weight is 309 g/mol. The van der Waals surface area contributed by atoms with E-state index in [1.165, 1.54) is 11.3 Å². The Morgan fingerprint density at radius 1 is 1.33 bits per heavy atom. The van der Waals surface area contributed by atoms with Crippen LogP contribution >= 0.6 is 12.4 Å². The Balaban J connectivity index is 0.00000161. The Bertz CT molecular complexity index is 572. The molecule has 0 atom stereocenters. The number of hydrogen-bond acceptors (Lipinski definition) is 5. The molecule has 3 rings (SSSR count). The molecule has 1 aliphatic heterocycles. The van der Waals surface area contributed by atoms with E-state index in [4.69, 9.17) is 4.52 Å². The molecule has 1 aromatic heterocycles. The van der Waals surface area contributed by atoms with Crippen LogP contribution in [0.2, 0.25) is 0 Å². The van der Waals surface area contributed by atoms with Crippen molar-refractivity contribution in [3.63, 3.8) is 0 Å². The minimum Gasteiger partial charge on any atom is -0.361 e. The maximum absolute atomic E-state index is 5.35. The third kappa shape index (κ3) is 3.74. The number of benzene rings is 1. The monoisotopic (exact) mass is 308 g/mol. The van der Waals surface area contributed by atoms with Crippen molar-refractivity contribution in [3.8, 4) is 0 Å². The van der Waals surface area contributed by atoms with Gasteiger partial charge in [0, 0.05) is 31.7 Å². The highest BCUT2D eigenvalue weighted by molar-refractivity contribution is 5.85. The van der Waals surface area contributed by atoms with Crippen LogP contribution in [-0.4, -0.2) is 23.2 Å². The van der Waals surface area contributed by atoms with Gasteiger partial charge in [-0.2, -0.15) is 4.98 Å². The largest absolute Gasteiger partial charge is 0.361 e. The number of para-hydroxylation sites is 1. The first-order valence-electron chi connectivity index (χ1n) is 7.22. The van der Waals surface area contributed by atoms with E-state index in [1.54, 1.807) is 0 Å². The quantitative estimate of drug-likeness (QED) is 0.940. The van der Waals surface area contributed by atoms with Gasteiger partial charge in [0.25, 0.3) is 0 Å². The van der Waals surface area contributed by atoms with Crippen molar-refractivity contribution in [2.45, 2.75) is 32.9 Å². The summed E-state index contributed by atoms with van der Waals surface area (Å²) in [6.07, 6.45) is 1.91. The van der Waals surface area contributed by atoms with Gasteiger partial charge in [-0.25, -0.2) is 0 Å². The van der Waals surface area contributed by atoms with Crippen LogP contribution in [0.4, 0.5) is 5.69 Å². The SMILES string of the molecule is CCCc1noc(CN2CCNCc3ccccc32)n1.Cl. The van der Waals surface area contributed by atoms with Gasteiger partial charge in [-0.3, -0.25) is 0 Å². The first-order chi connectivity index (χ1) is 9.86. The van der Waals surface area contributed by atoms with Crippen LogP contribution in [0.3, 0.4) is 0 Å². The van der Waals surface area contributed by atoms with Crippen LogP contribution in [0, 0.1) is 0 Å². The van der Waals surface area contributed by atoms with Gasteiger partial charge >= 0.3 is 0 Å². The predicted molar refractivity (Wildman–Crippen MR) is 84.7 cm³/mol. The molecule has 0 radical (unpaired) electrons. The molecule has 0 bridgehead atoms. The highest BCUT2D eigenvalue weighted by Crippen LogP contribution is 2.23. The Labute approximate surface area is 131 Å². The summed E-state index contributed by atoms with van der Waals surface area (Å²) in [5, 5.41) is 7.46. The fourth-order valence-corrected chi connectivity index (χ4v) is 2.53. The summed E-state index contributed by atoms with van der Waals surface area (Å²) in [5.74, 6) is 1.51. The van der Waals surface area contributed by atoms with Crippen LogP contribution in [0.25, 0.3) is 0 Å². The van der Waals surface area contributed by atoms with Gasteiger partial charge < -0.3 is 14.7 Å². The molecule has 0 fully saturated rings. The Morgan fingerprint density at radius 2 is 2.19 bits per heavy atom. The van der Waals surface area contributed by atoms with E-state index >= 15 is 0 Å². The summed E-state index contributed by atoms with van der Waals surface area (Å²) in [7, 11) is 0. The lowest BCUT2D eigenvalue weighted by Crippen LogP contribution is -2.28. The van der Waals surface area contributed by atoms with E-state index in [0.717, 1.165) is 38.3 Å². The minimum atomic E-state index is 0. The number of anilines is 1. The second kappa shape index (κ2) is 7.43. The van der Waals surface area contributed by atoms with Gasteiger partial charge in [0.1, 0.15) is 0 Å². The molecule has 2 heterocycles. The third-order valence-electron chi connectivity index (χ3n) is 3.52. The van der Waals surface area contributed by atoms with Crippen LogP contribution < -0.4 is 10.2 Å². The first kappa shape index (κ1) is 15.8. The smallest absolute Gasteiger partial charge is 0.246 e. The molecule has 0 amide bonds. The van der Waals surface area contributed by atoms with Crippen molar-refractivity contribution >= 4 is 18.1 Å². The Hall–Kier alpha value is -1.59. The average Bonchev–Trinajstić information content (AvgIpc) is 2.80. The molecule has 114 valence electrons. The molecule has 1 aliphatic rings. The molecule has 1 aromatic carbocycles. The fraction of sp³-hybridized carbons (Fsp3) is 0.467. The second-order valence-corrected chi connectivity index (χ2v) is 5.08. The highest BCUT2D eigenvalue weighted by atomic mass is 35.5. The lowest BCUT2D eigenvalue weighted by Gasteiger charge is -2.22. The minimum absolute atomic E-state index is 0. The van der Waals surface area contributed by atoms with Crippen LogP contribution in [-0.2, 0) is 19.5 Å². The molecule has 5 nitrogen and oxygen atoms in total. The summed E-state index contributed by atoms with van der Waals surface area (Å²) in [6.45, 7) is 5.62. The van der Waals surface area contributed by atoms with Crippen molar-refractivity contribution in [2.75, 3.05) is 18.0 Å². The lowest BCUT2D eigenvalue weighted by molar-refractivity contribution is 0.370. The Kier molecular flexibility index (Phi) is 5.59. The van der Waals surface area contributed by atoms with Gasteiger partial charge in [0.15, 0.2) is 5.82 Å². The number of fused-ring (bicyclic) bond motifs is 1. The molecule has 2 aromatic rings. The van der Waals surface area contributed by atoms with E-state index in [1.807, 2.05) is 0 Å². The number of rotatable bonds is 4. The fourth-order valence-electron chi connectivity index (χ4n) is 2.53. The summed E-state index contributed by atoms with van der Waals surface area (Å²) in [6, 6.07) is 8.48. The van der Waals surface area contributed by atoms with Gasteiger partial charge in [-0.15, -0.1) is 12.4 Å². The van der Waals surface area contributed by atoms with Crippen molar-refractivity contribution in [1.82, 2.24) is 15.5 Å². The van der Waals surface area contributed by atoms with Crippen LogP contribution in [0.5, 0.6) is 0 Å². The molecule has 0 aliphatic carbocycles. The zero-order valence-electron chi connectivity index (χ0n) is 12.2. The Morgan fingerprint density at radius 3 is 3.05 bits per heavy atom. The van der Waals surface area contributed by atoms with E-state index < -0.39 is 0 Å². The molecule has 6 heteroatoms. The van der Waals surface area contributed by atoms with Crippen molar-refractivity contribution in [1.29, 1.82) is 0 Å². The van der Waals surface area contributed by atoms with E-state index in [0.29, 0.717) is 12.4 Å². The molecule has 0 spiro atoms. The first-order valence-corrected chi connectivity index (χ1v) is 7.22. The third-order valence-corrected chi connectivity index (χ3v) is 3.52. The van der Waals surface area contributed by atoms with Crippen LogP contribution in [0.15, 0.2) is 28.8 Å². The summed E-state index contributed by atoms with van der Waals surface area (Å²) in [4.78, 5) is 6.76. The maximum atomic E-state index is 5.35. The molecule has 21 heavy (non-hydrogen) atoms. The lowest BCUT2D eigenvalue weighted by atomic mass is 10.1. The van der Waals surface area contributed by atoms with Gasteiger partial charge in [0.2, 0.25) is 5.89 Å². The number of aryl methyl sites for hydroxylation is 1. The molecular formula is C15H21ClN4O. The molecular weight excluding hydrogens is 288 g/mol. The van der Waals surface area contributed by atoms with Gasteiger partial charge in [-0.1, -0.05) is 30.3 Å². The zero-order chi connectivity index (χ0) is 13.8. The highest BCUT2D eigenvalue weighted by Gasteiger charge is 2.17. The summed E-state index contributed by atoms with van der Waals surface area (Å²) >= 11 is 0. The molecule has 0 saturated heterocycles. The van der Waals surface area contributed by atoms with Gasteiger partial charge in [0.05, 0.1) is 6.54 Å². The molecule has 0 saturated carbocycles. The number of halogens is 1. The van der Waals surface area contributed by atoms with Crippen molar-refractivity contribution in [3.05, 3.63) is 41.5 Å². The van der Waals surface area contributed by atoms with E-state index in [2.05, 4.69) is 51.5 Å². The van der Waals surface area contributed by atoms with Crippen LogP contribution in [0.1, 0.15) is 30.6 Å². The number of nitrogens with zero attached hydrogens (tertiary/aromatic N) is 3.